The molecule has 2 aliphatic rings. The summed E-state index contributed by atoms with van der Waals surface area (Å²) >= 11 is 0. The molecular weight excluding hydrogens is 384 g/mol. The molecule has 158 valence electrons. The minimum absolute atomic E-state index is 0.125. The standard InChI is InChI=1S/C19H24N2O8/c1-3-21-9-5-6-12(21)10-20-19(24)29-18(23)17(22)28-15-11-26-14-8-4-7-13(25-2)16(14)27-15/h4,7-8,12,15H,3,5-6,9-11H2,1-2H3,(H,20,24). The molecule has 0 spiro atoms. The first-order valence-corrected chi connectivity index (χ1v) is 9.43. The van der Waals surface area contributed by atoms with E-state index in [1.54, 1.807) is 18.2 Å². The molecule has 0 radical (unpaired) electrons. The molecule has 10 nitrogen and oxygen atoms in total. The van der Waals surface area contributed by atoms with Gasteiger partial charge in [0, 0.05) is 12.6 Å². The minimum Gasteiger partial charge on any atom is -0.493 e. The normalized spacial score (nSPS) is 20.6. The number of esters is 2. The van der Waals surface area contributed by atoms with Crippen LogP contribution >= 0.6 is 0 Å². The summed E-state index contributed by atoms with van der Waals surface area (Å²) in [5.41, 5.74) is 0. The van der Waals surface area contributed by atoms with E-state index < -0.39 is 24.3 Å². The van der Waals surface area contributed by atoms with Crippen LogP contribution in [0.3, 0.4) is 0 Å². The van der Waals surface area contributed by atoms with Crippen LogP contribution in [0, 0.1) is 0 Å². The molecule has 1 aromatic carbocycles. The number of likely N-dealkylation sites (tertiary alicyclic amines) is 1. The van der Waals surface area contributed by atoms with Gasteiger partial charge in [-0.05, 0) is 38.1 Å². The summed E-state index contributed by atoms with van der Waals surface area (Å²) in [5, 5.41) is 2.50. The van der Waals surface area contributed by atoms with Gasteiger partial charge in [-0.1, -0.05) is 13.0 Å². The fraction of sp³-hybridized carbons (Fsp3) is 0.526. The predicted molar refractivity (Wildman–Crippen MR) is 98.8 cm³/mol. The zero-order valence-corrected chi connectivity index (χ0v) is 16.3. The fourth-order valence-corrected chi connectivity index (χ4v) is 3.34. The number of alkyl carbamates (subject to hydrolysis) is 1. The first-order chi connectivity index (χ1) is 14.0. The van der Waals surface area contributed by atoms with E-state index >= 15 is 0 Å². The Morgan fingerprint density at radius 2 is 2.10 bits per heavy atom. The van der Waals surface area contributed by atoms with E-state index in [0.717, 1.165) is 25.9 Å². The number of nitrogens with zero attached hydrogens (tertiary/aromatic N) is 1. The highest BCUT2D eigenvalue weighted by Crippen LogP contribution is 2.40. The second-order valence-electron chi connectivity index (χ2n) is 6.53. The molecule has 2 aliphatic heterocycles. The van der Waals surface area contributed by atoms with Crippen molar-refractivity contribution in [3.8, 4) is 17.2 Å². The van der Waals surface area contributed by atoms with Crippen molar-refractivity contribution in [2.45, 2.75) is 32.1 Å². The van der Waals surface area contributed by atoms with Gasteiger partial charge in [-0.25, -0.2) is 14.4 Å². The molecule has 0 saturated carbocycles. The first-order valence-electron chi connectivity index (χ1n) is 9.43. The van der Waals surface area contributed by atoms with E-state index in [1.165, 1.54) is 7.11 Å². The Balaban J connectivity index is 1.45. The molecule has 2 heterocycles. The van der Waals surface area contributed by atoms with Gasteiger partial charge in [-0.3, -0.25) is 4.90 Å². The van der Waals surface area contributed by atoms with Crippen LogP contribution in [0.15, 0.2) is 18.2 Å². The van der Waals surface area contributed by atoms with Gasteiger partial charge < -0.3 is 29.0 Å². The van der Waals surface area contributed by atoms with Crippen LogP contribution in [-0.2, 0) is 19.1 Å². The Labute approximate surface area is 168 Å². The summed E-state index contributed by atoms with van der Waals surface area (Å²) < 4.78 is 25.5. The van der Waals surface area contributed by atoms with Crippen molar-refractivity contribution in [1.82, 2.24) is 10.2 Å². The third-order valence-electron chi connectivity index (χ3n) is 4.76. The third kappa shape index (κ3) is 5.08. The first kappa shape index (κ1) is 20.7. The number of amides is 1. The number of nitrogens with one attached hydrogen (secondary N) is 1. The van der Waals surface area contributed by atoms with Crippen LogP contribution in [0.25, 0.3) is 0 Å². The van der Waals surface area contributed by atoms with Gasteiger partial charge in [0.05, 0.1) is 7.11 Å². The van der Waals surface area contributed by atoms with E-state index in [-0.39, 0.29) is 18.4 Å². The van der Waals surface area contributed by atoms with Crippen molar-refractivity contribution in [1.29, 1.82) is 0 Å². The molecule has 1 saturated heterocycles. The topological polar surface area (TPSA) is 113 Å². The van der Waals surface area contributed by atoms with E-state index in [4.69, 9.17) is 18.9 Å². The lowest BCUT2D eigenvalue weighted by Gasteiger charge is -2.26. The van der Waals surface area contributed by atoms with Crippen LogP contribution in [0.4, 0.5) is 4.79 Å². The molecular formula is C19H24N2O8. The molecule has 0 aliphatic carbocycles. The molecule has 1 N–H and O–H groups in total. The van der Waals surface area contributed by atoms with Crippen LogP contribution in [0.5, 0.6) is 17.2 Å². The second-order valence-corrected chi connectivity index (χ2v) is 6.53. The number of hydrogen-bond donors (Lipinski definition) is 1. The van der Waals surface area contributed by atoms with E-state index in [9.17, 15) is 14.4 Å². The number of hydrogen-bond acceptors (Lipinski definition) is 9. The molecule has 1 fully saturated rings. The summed E-state index contributed by atoms with van der Waals surface area (Å²) in [6, 6.07) is 5.22. The minimum atomic E-state index is -1.43. The molecule has 1 amide bonds. The highest BCUT2D eigenvalue weighted by molar-refractivity contribution is 6.31. The number of benzene rings is 1. The van der Waals surface area contributed by atoms with Gasteiger partial charge in [0.1, 0.15) is 0 Å². The zero-order valence-electron chi connectivity index (χ0n) is 16.3. The average Bonchev–Trinajstić information content (AvgIpc) is 3.19. The van der Waals surface area contributed by atoms with Crippen molar-refractivity contribution in [2.24, 2.45) is 0 Å². The van der Waals surface area contributed by atoms with Gasteiger partial charge >= 0.3 is 18.0 Å². The quantitative estimate of drug-likeness (QED) is 0.434. The highest BCUT2D eigenvalue weighted by atomic mass is 16.7. The van der Waals surface area contributed by atoms with Crippen LogP contribution in [-0.4, -0.2) is 68.6 Å². The second kappa shape index (κ2) is 9.46. The fourth-order valence-electron chi connectivity index (χ4n) is 3.34. The zero-order chi connectivity index (χ0) is 20.8. The lowest BCUT2D eigenvalue weighted by atomic mass is 10.2. The average molecular weight is 408 g/mol. The lowest BCUT2D eigenvalue weighted by molar-refractivity contribution is -0.182. The Hall–Kier alpha value is -3.01. The van der Waals surface area contributed by atoms with Crippen LogP contribution < -0.4 is 19.5 Å². The maximum atomic E-state index is 11.9. The number of rotatable bonds is 5. The Bertz CT molecular complexity index is 754. The number of ether oxygens (including phenoxy) is 5. The number of para-hydroxylation sites is 1. The monoisotopic (exact) mass is 408 g/mol. The number of carbonyl (C=O) groups is 3. The molecule has 2 unspecified atom stereocenters. The van der Waals surface area contributed by atoms with Crippen molar-refractivity contribution in [3.05, 3.63) is 18.2 Å². The van der Waals surface area contributed by atoms with Crippen molar-refractivity contribution in [2.75, 3.05) is 33.4 Å². The highest BCUT2D eigenvalue weighted by Gasteiger charge is 2.31. The van der Waals surface area contributed by atoms with Gasteiger partial charge in [-0.2, -0.15) is 0 Å². The van der Waals surface area contributed by atoms with Crippen molar-refractivity contribution >= 4 is 18.0 Å². The summed E-state index contributed by atoms with van der Waals surface area (Å²) in [6.07, 6.45) is -0.174. The van der Waals surface area contributed by atoms with E-state index in [0.29, 0.717) is 18.0 Å². The number of fused-ring (bicyclic) bond motifs is 1. The predicted octanol–water partition coefficient (Wildman–Crippen LogP) is 1.07. The van der Waals surface area contributed by atoms with Gasteiger partial charge in [0.15, 0.2) is 18.1 Å². The molecule has 0 aromatic heterocycles. The van der Waals surface area contributed by atoms with Crippen molar-refractivity contribution in [3.63, 3.8) is 0 Å². The lowest BCUT2D eigenvalue weighted by Crippen LogP contribution is -2.42. The summed E-state index contributed by atoms with van der Waals surface area (Å²) in [5.74, 6) is -1.73. The largest absolute Gasteiger partial charge is 0.493 e. The molecule has 2 atom stereocenters. The smallest absolute Gasteiger partial charge is 0.426 e. The molecule has 29 heavy (non-hydrogen) atoms. The maximum absolute atomic E-state index is 11.9. The summed E-state index contributed by atoms with van der Waals surface area (Å²) in [6.45, 7) is 4.11. The molecule has 0 bridgehead atoms. The third-order valence-corrected chi connectivity index (χ3v) is 4.76. The van der Waals surface area contributed by atoms with Crippen LogP contribution in [0.2, 0.25) is 0 Å². The van der Waals surface area contributed by atoms with E-state index in [1.807, 2.05) is 6.92 Å². The Morgan fingerprint density at radius 1 is 1.28 bits per heavy atom. The molecule has 1 aromatic rings. The van der Waals surface area contributed by atoms with Crippen molar-refractivity contribution < 1.29 is 38.1 Å². The molecule has 3 rings (SSSR count). The van der Waals surface area contributed by atoms with Gasteiger partial charge in [0.2, 0.25) is 5.75 Å². The Morgan fingerprint density at radius 3 is 2.86 bits per heavy atom. The van der Waals surface area contributed by atoms with Gasteiger partial charge in [-0.15, -0.1) is 0 Å². The number of methoxy groups -OCH3 is 1. The maximum Gasteiger partial charge on any atom is 0.426 e. The summed E-state index contributed by atoms with van der Waals surface area (Å²) in [7, 11) is 1.45. The SMILES string of the molecule is CCN1CCCC1CNC(=O)OC(=O)C(=O)OC1COc2cccc(OC)c2O1. The van der Waals surface area contributed by atoms with Gasteiger partial charge in [0.25, 0.3) is 6.29 Å². The Kier molecular flexibility index (Phi) is 6.76. The molecule has 10 heteroatoms. The number of carbonyl (C=O) groups excluding carboxylic acids is 3. The summed E-state index contributed by atoms with van der Waals surface area (Å²) in [4.78, 5) is 37.8. The number of likely N-dealkylation sites (N-methyl/N-ethyl adjacent to an activating group) is 1. The van der Waals surface area contributed by atoms with Crippen LogP contribution in [0.1, 0.15) is 19.8 Å². The van der Waals surface area contributed by atoms with E-state index in [2.05, 4.69) is 15.0 Å².